The Morgan fingerprint density at radius 2 is 1.46 bits per heavy atom. The molecule has 2 aromatic rings. The maximum Gasteiger partial charge on any atom is 0.340 e. The molecule has 4 rings (SSSR count). The summed E-state index contributed by atoms with van der Waals surface area (Å²) < 4.78 is 47.1. The minimum Gasteiger partial charge on any atom is -0.458 e. The first kappa shape index (κ1) is 30.2. The maximum atomic E-state index is 13.3. The second kappa shape index (κ2) is 12.4. The zero-order chi connectivity index (χ0) is 27.1. The molecule has 0 spiro atoms. The molecular formula is C24H21Br3I2O7S. The van der Waals surface area contributed by atoms with Crippen molar-refractivity contribution in [2.24, 2.45) is 17.8 Å². The SMILES string of the molecule is O=C(OC1CCC(C(=O)Oc2cc(I)c(S(=O)(=O)O)c(I)c2)C2CCCCC12)c1c(Br)cc(Br)cc1Br. The van der Waals surface area contributed by atoms with Crippen LogP contribution in [0.5, 0.6) is 5.75 Å². The Kier molecular flexibility index (Phi) is 10.1. The van der Waals surface area contributed by atoms with Gasteiger partial charge in [-0.05, 0) is 139 Å². The molecule has 2 aliphatic rings. The molecule has 4 unspecified atom stereocenters. The van der Waals surface area contributed by atoms with Crippen molar-refractivity contribution in [3.05, 3.63) is 50.4 Å². The Bertz CT molecular complexity index is 1310. The van der Waals surface area contributed by atoms with E-state index in [2.05, 4.69) is 47.8 Å². The molecule has 2 saturated carbocycles. The van der Waals surface area contributed by atoms with Crippen LogP contribution in [-0.2, 0) is 19.6 Å². The monoisotopic (exact) mass is 944 g/mol. The first-order chi connectivity index (χ1) is 17.4. The number of carbonyl (C=O) groups excluding carboxylic acids is 2. The summed E-state index contributed by atoms with van der Waals surface area (Å²) in [5.41, 5.74) is 0.426. The van der Waals surface area contributed by atoms with Crippen molar-refractivity contribution in [2.75, 3.05) is 0 Å². The summed E-state index contributed by atoms with van der Waals surface area (Å²) in [6.07, 6.45) is 4.51. The van der Waals surface area contributed by atoms with E-state index in [1.165, 1.54) is 12.1 Å². The fourth-order valence-corrected chi connectivity index (χ4v) is 11.9. The number of ether oxygens (including phenoxy) is 2. The number of carbonyl (C=O) groups is 2. The van der Waals surface area contributed by atoms with Crippen LogP contribution < -0.4 is 4.74 Å². The summed E-state index contributed by atoms with van der Waals surface area (Å²) in [5, 5.41) is 0. The van der Waals surface area contributed by atoms with Crippen LogP contribution in [0.4, 0.5) is 0 Å². The lowest BCUT2D eigenvalue weighted by molar-refractivity contribution is -0.146. The van der Waals surface area contributed by atoms with E-state index in [0.29, 0.717) is 27.4 Å². The van der Waals surface area contributed by atoms with E-state index in [9.17, 15) is 22.6 Å². The zero-order valence-electron chi connectivity index (χ0n) is 19.1. The lowest BCUT2D eigenvalue weighted by Gasteiger charge is -2.44. The van der Waals surface area contributed by atoms with Crippen LogP contribution >= 0.6 is 93.0 Å². The fourth-order valence-electron chi connectivity index (χ4n) is 5.33. The summed E-state index contributed by atoms with van der Waals surface area (Å²) in [6, 6.07) is 6.46. The van der Waals surface area contributed by atoms with Crippen molar-refractivity contribution in [1.82, 2.24) is 0 Å². The first-order valence-electron chi connectivity index (χ1n) is 11.4. The number of hydrogen-bond acceptors (Lipinski definition) is 6. The number of fused-ring (bicyclic) bond motifs is 1. The summed E-state index contributed by atoms with van der Waals surface area (Å²) >= 11 is 13.9. The fraction of sp³-hybridized carbons (Fsp3) is 0.417. The van der Waals surface area contributed by atoms with Crippen LogP contribution in [0.25, 0.3) is 0 Å². The van der Waals surface area contributed by atoms with Crippen LogP contribution in [0.3, 0.4) is 0 Å². The quantitative estimate of drug-likeness (QED) is 0.141. The number of benzene rings is 2. The van der Waals surface area contributed by atoms with Gasteiger partial charge in [0, 0.05) is 20.6 Å². The molecule has 13 heteroatoms. The molecule has 200 valence electrons. The minimum absolute atomic E-state index is 0.0276. The van der Waals surface area contributed by atoms with Gasteiger partial charge in [-0.1, -0.05) is 28.8 Å². The van der Waals surface area contributed by atoms with Gasteiger partial charge in [0.1, 0.15) is 16.7 Å². The van der Waals surface area contributed by atoms with Gasteiger partial charge in [-0.15, -0.1) is 0 Å². The highest BCUT2D eigenvalue weighted by molar-refractivity contribution is 14.1. The molecule has 1 N–H and O–H groups in total. The molecule has 0 radical (unpaired) electrons. The van der Waals surface area contributed by atoms with Crippen LogP contribution in [0, 0.1) is 24.9 Å². The van der Waals surface area contributed by atoms with E-state index < -0.39 is 16.1 Å². The molecule has 0 heterocycles. The molecule has 2 aromatic carbocycles. The van der Waals surface area contributed by atoms with Crippen molar-refractivity contribution in [2.45, 2.75) is 49.5 Å². The summed E-state index contributed by atoms with van der Waals surface area (Å²) in [6.45, 7) is 0. The Hall–Kier alpha value is 0.190. The van der Waals surface area contributed by atoms with Crippen molar-refractivity contribution in [3.8, 4) is 5.75 Å². The molecule has 7 nitrogen and oxygen atoms in total. The zero-order valence-corrected chi connectivity index (χ0v) is 28.9. The standard InChI is InChI=1S/C24H21Br3I2O7S/c25-11-7-16(26)21(17(27)8-11)24(31)36-20-6-5-15(13-3-1-2-4-14(13)20)23(30)35-12-9-18(28)22(19(29)10-12)37(32,33)34/h7-10,13-15,20H,1-6H2,(H,32,33,34). The largest absolute Gasteiger partial charge is 0.458 e. The van der Waals surface area contributed by atoms with Crippen molar-refractivity contribution >= 4 is 115 Å². The summed E-state index contributed by atoms with van der Waals surface area (Å²) in [4.78, 5) is 26.2. The van der Waals surface area contributed by atoms with Crippen LogP contribution in [0.2, 0.25) is 0 Å². The third-order valence-corrected chi connectivity index (χ3v) is 11.9. The van der Waals surface area contributed by atoms with Crippen molar-refractivity contribution in [1.29, 1.82) is 0 Å². The average molecular weight is 947 g/mol. The highest BCUT2D eigenvalue weighted by Crippen LogP contribution is 2.46. The predicted octanol–water partition coefficient (Wildman–Crippen LogP) is 7.78. The van der Waals surface area contributed by atoms with Gasteiger partial charge in [0.05, 0.1) is 11.5 Å². The maximum absolute atomic E-state index is 13.3. The van der Waals surface area contributed by atoms with E-state index >= 15 is 0 Å². The van der Waals surface area contributed by atoms with Gasteiger partial charge in [0.2, 0.25) is 0 Å². The minimum atomic E-state index is -4.39. The highest BCUT2D eigenvalue weighted by Gasteiger charge is 2.46. The molecule has 2 fully saturated rings. The van der Waals surface area contributed by atoms with Gasteiger partial charge in [0.15, 0.2) is 0 Å². The second-order valence-corrected chi connectivity index (χ2v) is 15.4. The molecule has 37 heavy (non-hydrogen) atoms. The molecule has 4 atom stereocenters. The van der Waals surface area contributed by atoms with E-state index in [1.54, 1.807) is 57.3 Å². The number of rotatable bonds is 5. The summed E-state index contributed by atoms with van der Waals surface area (Å²) in [5.74, 6) is -0.810. The number of halogens is 5. The molecule has 0 saturated heterocycles. The van der Waals surface area contributed by atoms with Gasteiger partial charge < -0.3 is 9.47 Å². The Morgan fingerprint density at radius 3 is 2.03 bits per heavy atom. The Balaban J connectivity index is 1.50. The van der Waals surface area contributed by atoms with Crippen LogP contribution in [0.1, 0.15) is 48.9 Å². The first-order valence-corrected chi connectivity index (χ1v) is 17.4. The third kappa shape index (κ3) is 6.92. The van der Waals surface area contributed by atoms with Gasteiger partial charge in [-0.25, -0.2) is 4.79 Å². The molecule has 0 aromatic heterocycles. The summed E-state index contributed by atoms with van der Waals surface area (Å²) in [7, 11) is -4.39. The predicted molar refractivity (Wildman–Crippen MR) is 164 cm³/mol. The van der Waals surface area contributed by atoms with Gasteiger partial charge in [0.25, 0.3) is 10.1 Å². The van der Waals surface area contributed by atoms with E-state index in [0.717, 1.165) is 30.2 Å². The van der Waals surface area contributed by atoms with E-state index in [1.807, 2.05) is 0 Å². The van der Waals surface area contributed by atoms with E-state index in [-0.39, 0.29) is 47.6 Å². The topological polar surface area (TPSA) is 107 Å². The molecule has 2 aliphatic carbocycles. The van der Waals surface area contributed by atoms with Crippen LogP contribution in [0.15, 0.2) is 42.6 Å². The van der Waals surface area contributed by atoms with Gasteiger partial charge in [-0.2, -0.15) is 8.42 Å². The van der Waals surface area contributed by atoms with Crippen molar-refractivity contribution < 1.29 is 32.0 Å². The highest BCUT2D eigenvalue weighted by atomic mass is 127. The lowest BCUT2D eigenvalue weighted by atomic mass is 9.64. The molecular weight excluding hydrogens is 926 g/mol. The average Bonchev–Trinajstić information content (AvgIpc) is 2.77. The van der Waals surface area contributed by atoms with Crippen LogP contribution in [-0.4, -0.2) is 31.0 Å². The van der Waals surface area contributed by atoms with Gasteiger partial charge in [-0.3, -0.25) is 9.35 Å². The van der Waals surface area contributed by atoms with Crippen molar-refractivity contribution in [3.63, 3.8) is 0 Å². The molecule has 0 bridgehead atoms. The number of hydrogen-bond donors (Lipinski definition) is 1. The van der Waals surface area contributed by atoms with Gasteiger partial charge >= 0.3 is 11.9 Å². The normalized spacial score (nSPS) is 23.7. The Morgan fingerprint density at radius 1 is 0.892 bits per heavy atom. The molecule has 0 amide bonds. The third-order valence-electron chi connectivity index (χ3n) is 6.85. The lowest BCUT2D eigenvalue weighted by Crippen LogP contribution is -2.45. The second-order valence-electron chi connectivity index (χ2n) is 9.10. The smallest absolute Gasteiger partial charge is 0.340 e. The molecule has 0 aliphatic heterocycles. The Labute approximate surface area is 267 Å². The van der Waals surface area contributed by atoms with E-state index in [4.69, 9.17) is 9.47 Å². The number of esters is 2.